The molecule has 2 N–H and O–H groups in total. The normalized spacial score (nSPS) is 11.7. The number of carbonyl (C=O) groups is 2. The number of aromatic nitrogens is 3. The predicted octanol–water partition coefficient (Wildman–Crippen LogP) is 4.32. The van der Waals surface area contributed by atoms with Crippen LogP contribution in [-0.4, -0.2) is 32.3 Å². The van der Waals surface area contributed by atoms with E-state index in [-0.39, 0.29) is 29.5 Å². The number of nitrogens with zero attached hydrogens (tertiary/aromatic N) is 3. The molecule has 0 fully saturated rings. The summed E-state index contributed by atoms with van der Waals surface area (Å²) in [6.45, 7) is 8.33. The van der Waals surface area contributed by atoms with Crippen molar-refractivity contribution in [3.05, 3.63) is 84.7 Å². The van der Waals surface area contributed by atoms with E-state index in [1.807, 2.05) is 66.9 Å². The Balaban J connectivity index is 1.74. The molecule has 32 heavy (non-hydrogen) atoms. The Morgan fingerprint density at radius 1 is 1.06 bits per heavy atom. The fraction of sp³-hybridized carbons (Fsp3) is 0.250. The summed E-state index contributed by atoms with van der Waals surface area (Å²) in [7, 11) is 0. The number of nitrogens with one attached hydrogen (secondary N) is 2. The summed E-state index contributed by atoms with van der Waals surface area (Å²) in [5.74, 6) is 0.597. The minimum atomic E-state index is -0.345. The van der Waals surface area contributed by atoms with Crippen molar-refractivity contribution in [2.45, 2.75) is 31.6 Å². The monoisotopic (exact) mass is 449 g/mol. The molecule has 3 aromatic rings. The summed E-state index contributed by atoms with van der Waals surface area (Å²) in [6.07, 6.45) is 1.75. The van der Waals surface area contributed by atoms with Crippen LogP contribution in [0, 0.1) is 5.92 Å². The van der Waals surface area contributed by atoms with E-state index in [2.05, 4.69) is 27.4 Å². The molecule has 0 bridgehead atoms. The minimum Gasteiger partial charge on any atom is -0.342 e. The highest BCUT2D eigenvalue weighted by Crippen LogP contribution is 2.26. The van der Waals surface area contributed by atoms with Crippen LogP contribution in [0.25, 0.3) is 0 Å². The Labute approximate surface area is 192 Å². The van der Waals surface area contributed by atoms with Crippen LogP contribution in [0.15, 0.2) is 78.5 Å². The van der Waals surface area contributed by atoms with Crippen molar-refractivity contribution in [2.24, 2.45) is 5.92 Å². The van der Waals surface area contributed by atoms with Crippen molar-refractivity contribution >= 4 is 29.3 Å². The molecule has 7 nitrogen and oxygen atoms in total. The molecular formula is C24H27N5O2S. The van der Waals surface area contributed by atoms with Gasteiger partial charge in [-0.1, -0.05) is 68.1 Å². The van der Waals surface area contributed by atoms with Gasteiger partial charge < -0.3 is 15.2 Å². The molecule has 0 aliphatic heterocycles. The first-order valence-corrected chi connectivity index (χ1v) is 11.4. The predicted molar refractivity (Wildman–Crippen MR) is 128 cm³/mol. The second-order valence-electron chi connectivity index (χ2n) is 7.50. The van der Waals surface area contributed by atoms with Crippen LogP contribution in [0.5, 0.6) is 0 Å². The van der Waals surface area contributed by atoms with Gasteiger partial charge >= 0.3 is 0 Å². The zero-order valence-electron chi connectivity index (χ0n) is 18.2. The molecule has 0 radical (unpaired) electrons. The SMILES string of the molecule is C=CCn1c(SCC(=O)Nc2ccccc2)nnc1[C@@H](NC(=O)c1ccccc1)C(C)C. The van der Waals surface area contributed by atoms with Gasteiger partial charge in [-0.3, -0.25) is 9.59 Å². The molecule has 3 rings (SSSR count). The molecule has 0 aliphatic rings. The molecule has 0 spiro atoms. The largest absolute Gasteiger partial charge is 0.342 e. The lowest BCUT2D eigenvalue weighted by Crippen LogP contribution is -2.33. The van der Waals surface area contributed by atoms with Gasteiger partial charge in [0, 0.05) is 17.8 Å². The van der Waals surface area contributed by atoms with Gasteiger partial charge in [0.05, 0.1) is 11.8 Å². The lowest BCUT2D eigenvalue weighted by atomic mass is 10.0. The van der Waals surface area contributed by atoms with Gasteiger partial charge in [0.25, 0.3) is 5.91 Å². The summed E-state index contributed by atoms with van der Waals surface area (Å²) in [6, 6.07) is 18.0. The molecule has 0 unspecified atom stereocenters. The van der Waals surface area contributed by atoms with Gasteiger partial charge in [0.2, 0.25) is 5.91 Å². The summed E-state index contributed by atoms with van der Waals surface area (Å²) in [4.78, 5) is 25.1. The molecular weight excluding hydrogens is 422 g/mol. The molecule has 0 saturated carbocycles. The van der Waals surface area contributed by atoms with Gasteiger partial charge in [-0.2, -0.15) is 0 Å². The van der Waals surface area contributed by atoms with Crippen molar-refractivity contribution in [1.82, 2.24) is 20.1 Å². The maximum absolute atomic E-state index is 12.8. The standard InChI is InChI=1S/C24H27N5O2S/c1-4-15-29-22(21(17(2)3)26-23(31)18-11-7-5-8-12-18)27-28-24(29)32-16-20(30)25-19-13-9-6-10-14-19/h4-14,17,21H,1,15-16H2,2-3H3,(H,25,30)(H,26,31)/t21-/m0/s1. The molecule has 2 aromatic carbocycles. The molecule has 1 heterocycles. The Bertz CT molecular complexity index is 1050. The Morgan fingerprint density at radius 2 is 1.72 bits per heavy atom. The van der Waals surface area contributed by atoms with Crippen molar-refractivity contribution in [1.29, 1.82) is 0 Å². The zero-order chi connectivity index (χ0) is 22.9. The van der Waals surface area contributed by atoms with E-state index in [0.29, 0.717) is 23.1 Å². The molecule has 1 aromatic heterocycles. The average molecular weight is 450 g/mol. The number of hydrogen-bond donors (Lipinski definition) is 2. The second kappa shape index (κ2) is 11.3. The number of benzene rings is 2. The fourth-order valence-corrected chi connectivity index (χ4v) is 3.88. The number of para-hydroxylation sites is 1. The molecule has 8 heteroatoms. The molecule has 0 aliphatic carbocycles. The van der Waals surface area contributed by atoms with Gasteiger partial charge in [0.1, 0.15) is 0 Å². The number of allylic oxidation sites excluding steroid dienone is 1. The lowest BCUT2D eigenvalue weighted by molar-refractivity contribution is -0.113. The highest BCUT2D eigenvalue weighted by molar-refractivity contribution is 7.99. The number of anilines is 1. The number of hydrogen-bond acceptors (Lipinski definition) is 5. The third-order valence-corrected chi connectivity index (χ3v) is 5.68. The van der Waals surface area contributed by atoms with Gasteiger partial charge in [-0.15, -0.1) is 16.8 Å². The van der Waals surface area contributed by atoms with Crippen LogP contribution < -0.4 is 10.6 Å². The van der Waals surface area contributed by atoms with Crippen LogP contribution >= 0.6 is 11.8 Å². The summed E-state index contributed by atoms with van der Waals surface area (Å²) in [5, 5.41) is 15.2. The van der Waals surface area contributed by atoms with E-state index in [1.165, 1.54) is 11.8 Å². The van der Waals surface area contributed by atoms with E-state index in [1.54, 1.807) is 18.2 Å². The number of thioether (sulfide) groups is 1. The van der Waals surface area contributed by atoms with Gasteiger partial charge in [-0.05, 0) is 30.2 Å². The smallest absolute Gasteiger partial charge is 0.251 e. The topological polar surface area (TPSA) is 88.9 Å². The number of carbonyl (C=O) groups excluding carboxylic acids is 2. The second-order valence-corrected chi connectivity index (χ2v) is 8.45. The Hall–Kier alpha value is -3.39. The molecule has 0 saturated heterocycles. The minimum absolute atomic E-state index is 0.0784. The summed E-state index contributed by atoms with van der Waals surface area (Å²) < 4.78 is 1.89. The van der Waals surface area contributed by atoms with Crippen molar-refractivity contribution in [2.75, 3.05) is 11.1 Å². The number of rotatable bonds is 10. The summed E-state index contributed by atoms with van der Waals surface area (Å²) >= 11 is 1.30. The van der Waals surface area contributed by atoms with Gasteiger partial charge in [-0.25, -0.2) is 0 Å². The highest BCUT2D eigenvalue weighted by atomic mass is 32.2. The third kappa shape index (κ3) is 6.07. The molecule has 2 amide bonds. The van der Waals surface area contributed by atoms with E-state index < -0.39 is 0 Å². The third-order valence-electron chi connectivity index (χ3n) is 4.71. The van der Waals surface area contributed by atoms with E-state index in [4.69, 9.17) is 0 Å². The first kappa shape index (κ1) is 23.3. The fourth-order valence-electron chi connectivity index (χ4n) is 3.13. The molecule has 166 valence electrons. The lowest BCUT2D eigenvalue weighted by Gasteiger charge is -2.22. The quantitative estimate of drug-likeness (QED) is 0.355. The van der Waals surface area contributed by atoms with Crippen LogP contribution in [0.4, 0.5) is 5.69 Å². The summed E-state index contributed by atoms with van der Waals surface area (Å²) in [5.41, 5.74) is 1.33. The maximum Gasteiger partial charge on any atom is 0.251 e. The first-order chi connectivity index (χ1) is 15.5. The van der Waals surface area contributed by atoms with Gasteiger partial charge in [0.15, 0.2) is 11.0 Å². The van der Waals surface area contributed by atoms with E-state index >= 15 is 0 Å². The van der Waals surface area contributed by atoms with E-state index in [0.717, 1.165) is 5.69 Å². The van der Waals surface area contributed by atoms with Crippen LogP contribution in [-0.2, 0) is 11.3 Å². The first-order valence-electron chi connectivity index (χ1n) is 10.4. The van der Waals surface area contributed by atoms with Crippen molar-refractivity contribution < 1.29 is 9.59 Å². The number of amides is 2. The molecule has 1 atom stereocenters. The Morgan fingerprint density at radius 3 is 2.34 bits per heavy atom. The van der Waals surface area contributed by atoms with Crippen LogP contribution in [0.3, 0.4) is 0 Å². The zero-order valence-corrected chi connectivity index (χ0v) is 19.0. The Kier molecular flexibility index (Phi) is 8.21. The van der Waals surface area contributed by atoms with Crippen LogP contribution in [0.1, 0.15) is 36.1 Å². The van der Waals surface area contributed by atoms with E-state index in [9.17, 15) is 9.59 Å². The van der Waals surface area contributed by atoms with Crippen molar-refractivity contribution in [3.8, 4) is 0 Å². The highest BCUT2D eigenvalue weighted by Gasteiger charge is 2.26. The van der Waals surface area contributed by atoms with Crippen molar-refractivity contribution in [3.63, 3.8) is 0 Å². The van der Waals surface area contributed by atoms with Crippen LogP contribution in [0.2, 0.25) is 0 Å². The maximum atomic E-state index is 12.8. The average Bonchev–Trinajstić information content (AvgIpc) is 3.19.